The summed E-state index contributed by atoms with van der Waals surface area (Å²) in [5.41, 5.74) is 2.33. The third kappa shape index (κ3) is 3.36. The number of amides is 1. The normalized spacial score (nSPS) is 19.6. The van der Waals surface area contributed by atoms with Crippen LogP contribution < -0.4 is 15.5 Å². The molecule has 6 heterocycles. The number of piperazine rings is 1. The molecule has 2 atom stereocenters. The molecule has 2 N–H and O–H groups in total. The van der Waals surface area contributed by atoms with Crippen LogP contribution in [0.15, 0.2) is 55.2 Å². The van der Waals surface area contributed by atoms with E-state index in [1.165, 1.54) is 0 Å². The van der Waals surface area contributed by atoms with Crippen molar-refractivity contribution in [1.82, 2.24) is 30.0 Å². The third-order valence-corrected chi connectivity index (χ3v) is 6.20. The largest absolute Gasteiger partial charge is 0.351 e. The fourth-order valence-electron chi connectivity index (χ4n) is 4.56. The lowest BCUT2D eigenvalue weighted by Crippen LogP contribution is -2.44. The Bertz CT molecular complexity index is 1330. The van der Waals surface area contributed by atoms with Crippen LogP contribution in [-0.4, -0.2) is 55.8 Å². The zero-order chi connectivity index (χ0) is 21.7. The Kier molecular flexibility index (Phi) is 4.36. The Morgan fingerprint density at radius 1 is 1.12 bits per heavy atom. The molecule has 0 radical (unpaired) electrons. The van der Waals surface area contributed by atoms with Gasteiger partial charge in [-0.2, -0.15) is 5.10 Å². The van der Waals surface area contributed by atoms with Crippen LogP contribution in [0.5, 0.6) is 0 Å². The highest BCUT2D eigenvalue weighted by Crippen LogP contribution is 2.28. The maximum atomic E-state index is 12.9. The Morgan fingerprint density at radius 3 is 2.81 bits per heavy atom. The summed E-state index contributed by atoms with van der Waals surface area (Å²) >= 11 is 0. The fourth-order valence-corrected chi connectivity index (χ4v) is 4.56. The van der Waals surface area contributed by atoms with E-state index in [1.807, 2.05) is 31.4 Å². The highest BCUT2D eigenvalue weighted by Gasteiger charge is 2.38. The number of nitrogens with zero attached hydrogens (tertiary/aromatic N) is 6. The molecular formula is C23H22N8O. The summed E-state index contributed by atoms with van der Waals surface area (Å²) in [6, 6.07) is 8.41. The van der Waals surface area contributed by atoms with Crippen molar-refractivity contribution in [2.45, 2.75) is 18.5 Å². The van der Waals surface area contributed by atoms with Crippen molar-refractivity contribution >= 4 is 28.3 Å². The molecule has 2 unspecified atom stereocenters. The third-order valence-electron chi connectivity index (χ3n) is 6.20. The Labute approximate surface area is 184 Å². The number of aromatic nitrogens is 5. The number of nitrogens with one attached hydrogen (secondary N) is 2. The van der Waals surface area contributed by atoms with Crippen molar-refractivity contribution in [3.05, 3.63) is 60.8 Å². The highest BCUT2D eigenvalue weighted by atomic mass is 16.1. The molecule has 2 bridgehead atoms. The van der Waals surface area contributed by atoms with E-state index < -0.39 is 0 Å². The Morgan fingerprint density at radius 2 is 2.03 bits per heavy atom. The van der Waals surface area contributed by atoms with E-state index in [4.69, 9.17) is 0 Å². The van der Waals surface area contributed by atoms with Crippen LogP contribution in [-0.2, 0) is 7.05 Å². The minimum Gasteiger partial charge on any atom is -0.351 e. The zero-order valence-electron chi connectivity index (χ0n) is 17.6. The lowest BCUT2D eigenvalue weighted by Gasteiger charge is -2.28. The lowest BCUT2D eigenvalue weighted by atomic mass is 10.1. The van der Waals surface area contributed by atoms with Crippen LogP contribution in [0.1, 0.15) is 16.8 Å². The van der Waals surface area contributed by atoms with Gasteiger partial charge in [0, 0.05) is 73.5 Å². The summed E-state index contributed by atoms with van der Waals surface area (Å²) in [7, 11) is 1.87. The van der Waals surface area contributed by atoms with Gasteiger partial charge in [-0.3, -0.25) is 14.5 Å². The lowest BCUT2D eigenvalue weighted by molar-refractivity contribution is 0.102. The number of pyridine rings is 3. The predicted molar refractivity (Wildman–Crippen MR) is 121 cm³/mol. The summed E-state index contributed by atoms with van der Waals surface area (Å²) in [6.07, 6.45) is 10.0. The molecule has 0 saturated carbocycles. The molecule has 2 saturated heterocycles. The van der Waals surface area contributed by atoms with E-state index in [9.17, 15) is 4.79 Å². The first-order valence-corrected chi connectivity index (χ1v) is 10.6. The van der Waals surface area contributed by atoms with Gasteiger partial charge in [-0.15, -0.1) is 0 Å². The van der Waals surface area contributed by atoms with Gasteiger partial charge in [0.1, 0.15) is 11.6 Å². The van der Waals surface area contributed by atoms with Gasteiger partial charge in [0.2, 0.25) is 0 Å². The maximum absolute atomic E-state index is 12.9. The standard InChI is InChI=1S/C23H22N8O/c1-30-12-17(10-28-30)20-4-15-5-21(27-9-16(15)8-26-20)29-23(32)14-2-3-24-22(6-14)31-13-18-7-19(31)11-25-18/h2-6,8-10,12,18-19,25H,7,11,13H2,1H3,(H,27,29,32). The number of carbonyl (C=O) groups excluding carboxylic acids is 1. The van der Waals surface area contributed by atoms with Gasteiger partial charge in [-0.1, -0.05) is 0 Å². The molecule has 0 spiro atoms. The summed E-state index contributed by atoms with van der Waals surface area (Å²) in [5, 5.41) is 12.5. The van der Waals surface area contributed by atoms with Crippen molar-refractivity contribution in [3.63, 3.8) is 0 Å². The monoisotopic (exact) mass is 426 g/mol. The number of fused-ring (bicyclic) bond motifs is 3. The van der Waals surface area contributed by atoms with E-state index in [2.05, 4.69) is 35.6 Å². The first kappa shape index (κ1) is 18.9. The second-order valence-electron chi connectivity index (χ2n) is 8.39. The second kappa shape index (κ2) is 7.38. The van der Waals surface area contributed by atoms with Crippen molar-refractivity contribution in [3.8, 4) is 11.3 Å². The van der Waals surface area contributed by atoms with E-state index in [0.717, 1.165) is 47.4 Å². The van der Waals surface area contributed by atoms with E-state index in [-0.39, 0.29) is 5.91 Å². The smallest absolute Gasteiger partial charge is 0.257 e. The van der Waals surface area contributed by atoms with Gasteiger partial charge in [0.25, 0.3) is 5.91 Å². The molecule has 160 valence electrons. The topological polar surface area (TPSA) is 101 Å². The molecule has 6 rings (SSSR count). The highest BCUT2D eigenvalue weighted by molar-refractivity contribution is 6.05. The second-order valence-corrected chi connectivity index (χ2v) is 8.39. The van der Waals surface area contributed by atoms with Crippen molar-refractivity contribution < 1.29 is 4.79 Å². The van der Waals surface area contributed by atoms with Gasteiger partial charge in [-0.25, -0.2) is 9.97 Å². The molecule has 1 amide bonds. The van der Waals surface area contributed by atoms with Gasteiger partial charge in [-0.05, 0) is 36.1 Å². The average molecular weight is 426 g/mol. The number of aryl methyl sites for hydroxylation is 1. The van der Waals surface area contributed by atoms with E-state index in [0.29, 0.717) is 23.5 Å². The maximum Gasteiger partial charge on any atom is 0.257 e. The van der Waals surface area contributed by atoms with Gasteiger partial charge in [0.15, 0.2) is 0 Å². The van der Waals surface area contributed by atoms with Gasteiger partial charge >= 0.3 is 0 Å². The number of anilines is 2. The van der Waals surface area contributed by atoms with Gasteiger partial charge < -0.3 is 15.5 Å². The van der Waals surface area contributed by atoms with Crippen molar-refractivity contribution in [2.75, 3.05) is 23.3 Å². The number of carbonyl (C=O) groups is 1. The minimum atomic E-state index is -0.204. The number of rotatable bonds is 4. The van der Waals surface area contributed by atoms with E-state index >= 15 is 0 Å². The Balaban J connectivity index is 1.24. The molecule has 2 aliphatic heterocycles. The van der Waals surface area contributed by atoms with Crippen LogP contribution in [0.2, 0.25) is 0 Å². The zero-order valence-corrected chi connectivity index (χ0v) is 17.6. The first-order chi connectivity index (χ1) is 15.6. The molecular weight excluding hydrogens is 404 g/mol. The van der Waals surface area contributed by atoms with Crippen LogP contribution in [0.3, 0.4) is 0 Å². The SMILES string of the molecule is Cn1cc(-c2cc3cc(NC(=O)c4ccnc(N5CC6CC5CN6)c4)ncc3cn2)cn1. The summed E-state index contributed by atoms with van der Waals surface area (Å²) in [6.45, 7) is 1.90. The van der Waals surface area contributed by atoms with Crippen LogP contribution >= 0.6 is 0 Å². The quantitative estimate of drug-likeness (QED) is 0.516. The van der Waals surface area contributed by atoms with Crippen molar-refractivity contribution in [2.24, 2.45) is 7.05 Å². The molecule has 4 aromatic heterocycles. The molecule has 2 aliphatic rings. The number of hydrogen-bond acceptors (Lipinski definition) is 7. The first-order valence-electron chi connectivity index (χ1n) is 10.6. The van der Waals surface area contributed by atoms with Crippen LogP contribution in [0, 0.1) is 0 Å². The molecule has 32 heavy (non-hydrogen) atoms. The summed E-state index contributed by atoms with van der Waals surface area (Å²) in [5.74, 6) is 1.14. The predicted octanol–water partition coefficient (Wildman–Crippen LogP) is 2.23. The van der Waals surface area contributed by atoms with Crippen molar-refractivity contribution in [1.29, 1.82) is 0 Å². The fraction of sp³-hybridized carbons (Fsp3) is 0.261. The summed E-state index contributed by atoms with van der Waals surface area (Å²) < 4.78 is 1.74. The summed E-state index contributed by atoms with van der Waals surface area (Å²) in [4.78, 5) is 28.6. The average Bonchev–Trinajstić information content (AvgIpc) is 3.56. The molecule has 0 aliphatic carbocycles. The molecule has 9 heteroatoms. The van der Waals surface area contributed by atoms with Gasteiger partial charge in [0.05, 0.1) is 11.9 Å². The minimum absolute atomic E-state index is 0.204. The Hall–Kier alpha value is -3.85. The molecule has 0 aromatic carbocycles. The number of hydrogen-bond donors (Lipinski definition) is 2. The molecule has 9 nitrogen and oxygen atoms in total. The molecule has 4 aromatic rings. The van der Waals surface area contributed by atoms with Crippen LogP contribution in [0.4, 0.5) is 11.6 Å². The molecule has 2 fully saturated rings. The van der Waals surface area contributed by atoms with Crippen LogP contribution in [0.25, 0.3) is 22.0 Å². The van der Waals surface area contributed by atoms with E-state index in [1.54, 1.807) is 35.5 Å².